The van der Waals surface area contributed by atoms with E-state index in [4.69, 9.17) is 0 Å². The van der Waals surface area contributed by atoms with Crippen LogP contribution in [0, 0.1) is 5.82 Å². The molecule has 2 aromatic carbocycles. The molecule has 0 unspecified atom stereocenters. The number of aromatic nitrogens is 3. The first-order valence-electron chi connectivity index (χ1n) is 8.98. The molecule has 0 saturated heterocycles. The first-order chi connectivity index (χ1) is 14.1. The number of rotatable bonds is 9. The molecule has 0 spiro atoms. The van der Waals surface area contributed by atoms with E-state index in [-0.39, 0.29) is 17.5 Å². The summed E-state index contributed by atoms with van der Waals surface area (Å²) in [6, 6.07) is 14.2. The van der Waals surface area contributed by atoms with Crippen molar-refractivity contribution in [3.8, 4) is 0 Å². The Kier molecular flexibility index (Phi) is 8.14. The second-order valence-corrected chi connectivity index (χ2v) is 8.91. The standard InChI is InChI=1S/C20H20BrFN4OS2/c1-2-26-18(12-28-11-14-5-3-4-6-17(14)22)24-25-20(26)29-13-19(27)23-16-9-7-15(21)8-10-16/h3-10H,2,11-13H2,1H3,(H,23,27). The zero-order valence-corrected chi connectivity index (χ0v) is 19.0. The summed E-state index contributed by atoms with van der Waals surface area (Å²) in [5.41, 5.74) is 1.43. The van der Waals surface area contributed by atoms with E-state index in [2.05, 4.69) is 31.4 Å². The van der Waals surface area contributed by atoms with Gasteiger partial charge in [-0.15, -0.1) is 22.0 Å². The zero-order valence-electron chi connectivity index (χ0n) is 15.8. The van der Waals surface area contributed by atoms with Crippen molar-refractivity contribution in [1.29, 1.82) is 0 Å². The fourth-order valence-corrected chi connectivity index (χ4v) is 4.62. The van der Waals surface area contributed by atoms with Gasteiger partial charge in [-0.3, -0.25) is 4.79 Å². The zero-order chi connectivity index (χ0) is 20.6. The second-order valence-electron chi connectivity index (χ2n) is 6.07. The van der Waals surface area contributed by atoms with Crippen LogP contribution in [0.4, 0.5) is 10.1 Å². The molecule has 1 heterocycles. The van der Waals surface area contributed by atoms with Crippen LogP contribution in [0.2, 0.25) is 0 Å². The molecule has 0 aliphatic carbocycles. The number of anilines is 1. The number of nitrogens with one attached hydrogen (secondary N) is 1. The molecule has 1 aromatic heterocycles. The summed E-state index contributed by atoms with van der Waals surface area (Å²) in [5.74, 6) is 1.98. The lowest BCUT2D eigenvalue weighted by Crippen LogP contribution is -2.14. The molecule has 5 nitrogen and oxygen atoms in total. The highest BCUT2D eigenvalue weighted by Gasteiger charge is 2.14. The van der Waals surface area contributed by atoms with E-state index in [9.17, 15) is 9.18 Å². The number of amides is 1. The topological polar surface area (TPSA) is 59.8 Å². The maximum absolute atomic E-state index is 13.7. The molecule has 1 N–H and O–H groups in total. The van der Waals surface area contributed by atoms with Crippen molar-refractivity contribution in [2.45, 2.75) is 30.1 Å². The molecule has 3 aromatic rings. The Morgan fingerprint density at radius 1 is 1.14 bits per heavy atom. The minimum Gasteiger partial charge on any atom is -0.325 e. The van der Waals surface area contributed by atoms with Crippen molar-refractivity contribution in [2.75, 3.05) is 11.1 Å². The molecule has 0 saturated carbocycles. The van der Waals surface area contributed by atoms with E-state index >= 15 is 0 Å². The van der Waals surface area contributed by atoms with Gasteiger partial charge in [0, 0.05) is 22.5 Å². The summed E-state index contributed by atoms with van der Waals surface area (Å²) in [7, 11) is 0. The van der Waals surface area contributed by atoms with Gasteiger partial charge < -0.3 is 9.88 Å². The summed E-state index contributed by atoms with van der Waals surface area (Å²) in [4.78, 5) is 12.2. The van der Waals surface area contributed by atoms with Crippen LogP contribution in [-0.4, -0.2) is 26.4 Å². The molecule has 9 heteroatoms. The van der Waals surface area contributed by atoms with Gasteiger partial charge in [-0.1, -0.05) is 45.9 Å². The number of hydrogen-bond donors (Lipinski definition) is 1. The normalized spacial score (nSPS) is 10.9. The molecular weight excluding hydrogens is 475 g/mol. The second kappa shape index (κ2) is 10.8. The van der Waals surface area contributed by atoms with E-state index < -0.39 is 0 Å². The molecule has 0 bridgehead atoms. The molecule has 0 fully saturated rings. The van der Waals surface area contributed by atoms with Gasteiger partial charge in [0.25, 0.3) is 0 Å². The van der Waals surface area contributed by atoms with E-state index in [0.717, 1.165) is 16.0 Å². The number of halogens is 2. The van der Waals surface area contributed by atoms with Crippen LogP contribution in [0.1, 0.15) is 18.3 Å². The number of nitrogens with zero attached hydrogens (tertiary/aromatic N) is 3. The van der Waals surface area contributed by atoms with E-state index in [1.54, 1.807) is 23.9 Å². The summed E-state index contributed by atoms with van der Waals surface area (Å²) in [5, 5.41) is 12.0. The van der Waals surface area contributed by atoms with E-state index in [1.807, 2.05) is 41.8 Å². The molecule has 152 valence electrons. The Bertz CT molecular complexity index is 965. The van der Waals surface area contributed by atoms with Crippen LogP contribution >= 0.6 is 39.5 Å². The van der Waals surface area contributed by atoms with Crippen LogP contribution in [0.3, 0.4) is 0 Å². The van der Waals surface area contributed by atoms with Gasteiger partial charge in [-0.2, -0.15) is 0 Å². The largest absolute Gasteiger partial charge is 0.325 e. The number of thioether (sulfide) groups is 2. The molecule has 0 aliphatic rings. The van der Waals surface area contributed by atoms with Gasteiger partial charge in [0.2, 0.25) is 5.91 Å². The van der Waals surface area contributed by atoms with Crippen molar-refractivity contribution in [3.63, 3.8) is 0 Å². The predicted molar refractivity (Wildman–Crippen MR) is 121 cm³/mol. The average Bonchev–Trinajstić information content (AvgIpc) is 3.11. The maximum atomic E-state index is 13.7. The number of carbonyl (C=O) groups excluding carboxylic acids is 1. The first kappa shape index (κ1) is 21.9. The monoisotopic (exact) mass is 494 g/mol. The maximum Gasteiger partial charge on any atom is 0.234 e. The van der Waals surface area contributed by atoms with Crippen molar-refractivity contribution in [3.05, 3.63) is 70.2 Å². The minimum atomic E-state index is -0.190. The van der Waals surface area contributed by atoms with Crippen LogP contribution < -0.4 is 5.32 Å². The van der Waals surface area contributed by atoms with Gasteiger partial charge in [-0.05, 0) is 42.8 Å². The van der Waals surface area contributed by atoms with Crippen molar-refractivity contribution < 1.29 is 9.18 Å². The first-order valence-corrected chi connectivity index (χ1v) is 11.9. The highest BCUT2D eigenvalue weighted by molar-refractivity contribution is 9.10. The third-order valence-electron chi connectivity index (χ3n) is 4.02. The van der Waals surface area contributed by atoms with Crippen LogP contribution in [-0.2, 0) is 22.8 Å². The van der Waals surface area contributed by atoms with Crippen molar-refractivity contribution >= 4 is 51.0 Å². The summed E-state index contributed by atoms with van der Waals surface area (Å²) < 4.78 is 16.7. The lowest BCUT2D eigenvalue weighted by molar-refractivity contribution is -0.113. The van der Waals surface area contributed by atoms with E-state index in [0.29, 0.717) is 28.8 Å². The van der Waals surface area contributed by atoms with Gasteiger partial charge in [0.05, 0.1) is 11.5 Å². The fourth-order valence-electron chi connectivity index (χ4n) is 2.58. The average molecular weight is 495 g/mol. The van der Waals surface area contributed by atoms with Gasteiger partial charge in [0.15, 0.2) is 5.16 Å². The Hall–Kier alpha value is -1.84. The molecule has 29 heavy (non-hydrogen) atoms. The summed E-state index contributed by atoms with van der Waals surface area (Å²) in [6.45, 7) is 2.72. The van der Waals surface area contributed by atoms with Crippen LogP contribution in [0.15, 0.2) is 58.2 Å². The third-order valence-corrected chi connectivity index (χ3v) is 6.49. The SMILES string of the molecule is CCn1c(CSCc2ccccc2F)nnc1SCC(=O)Nc1ccc(Br)cc1. The van der Waals surface area contributed by atoms with E-state index in [1.165, 1.54) is 17.8 Å². The van der Waals surface area contributed by atoms with Gasteiger partial charge >= 0.3 is 0 Å². The predicted octanol–water partition coefficient (Wildman–Crippen LogP) is 5.36. The Morgan fingerprint density at radius 3 is 2.62 bits per heavy atom. The molecule has 0 radical (unpaired) electrons. The van der Waals surface area contributed by atoms with Crippen LogP contribution in [0.25, 0.3) is 0 Å². The Morgan fingerprint density at radius 2 is 1.90 bits per heavy atom. The highest BCUT2D eigenvalue weighted by atomic mass is 79.9. The quantitative estimate of drug-likeness (QED) is 0.405. The Balaban J connectivity index is 1.52. The van der Waals surface area contributed by atoms with Gasteiger partial charge in [0.1, 0.15) is 11.6 Å². The lowest BCUT2D eigenvalue weighted by Gasteiger charge is -2.08. The number of carbonyl (C=O) groups is 1. The smallest absolute Gasteiger partial charge is 0.234 e. The lowest BCUT2D eigenvalue weighted by atomic mass is 10.2. The van der Waals surface area contributed by atoms with Crippen molar-refractivity contribution in [1.82, 2.24) is 14.8 Å². The summed E-state index contributed by atoms with van der Waals surface area (Å²) in [6.07, 6.45) is 0. The van der Waals surface area contributed by atoms with Crippen LogP contribution in [0.5, 0.6) is 0 Å². The molecule has 0 atom stereocenters. The molecule has 0 aliphatic heterocycles. The van der Waals surface area contributed by atoms with Gasteiger partial charge in [-0.25, -0.2) is 4.39 Å². The highest BCUT2D eigenvalue weighted by Crippen LogP contribution is 2.23. The fraction of sp³-hybridized carbons (Fsp3) is 0.250. The van der Waals surface area contributed by atoms with Crippen molar-refractivity contribution in [2.24, 2.45) is 0 Å². The molecular formula is C20H20BrFN4OS2. The third kappa shape index (κ3) is 6.32. The molecule has 3 rings (SSSR count). The summed E-state index contributed by atoms with van der Waals surface area (Å²) >= 11 is 6.31. The Labute approximate surface area is 186 Å². The molecule has 1 amide bonds. The number of benzene rings is 2. The minimum absolute atomic E-state index is 0.0987. The number of hydrogen-bond acceptors (Lipinski definition) is 5.